The monoisotopic (exact) mass is 330 g/mol. The van der Waals surface area contributed by atoms with Crippen LogP contribution in [0.15, 0.2) is 41.2 Å². The summed E-state index contributed by atoms with van der Waals surface area (Å²) in [6.45, 7) is 4.65. The highest BCUT2D eigenvalue weighted by Gasteiger charge is 2.16. The maximum atomic E-state index is 12.4. The molecule has 1 aromatic carbocycles. The van der Waals surface area contributed by atoms with Crippen LogP contribution in [0.1, 0.15) is 13.3 Å². The van der Waals surface area contributed by atoms with Crippen molar-refractivity contribution in [2.24, 2.45) is 0 Å². The first kappa shape index (κ1) is 16.7. The molecule has 2 aromatic rings. The third-order valence-electron chi connectivity index (χ3n) is 3.81. The Kier molecular flexibility index (Phi) is 5.61. The van der Waals surface area contributed by atoms with E-state index < -0.39 is 0 Å². The second-order valence-electron chi connectivity index (χ2n) is 5.66. The summed E-state index contributed by atoms with van der Waals surface area (Å²) in [7, 11) is 0. The molecule has 1 aromatic heterocycles. The fourth-order valence-corrected chi connectivity index (χ4v) is 2.66. The van der Waals surface area contributed by atoms with Crippen molar-refractivity contribution in [3.05, 3.63) is 46.9 Å². The summed E-state index contributed by atoms with van der Waals surface area (Å²) >= 11 is 0. The summed E-state index contributed by atoms with van der Waals surface area (Å²) in [5, 5.41) is 0. The van der Waals surface area contributed by atoms with E-state index in [1.165, 1.54) is 0 Å². The maximum Gasteiger partial charge on any atom is 0.351 e. The number of benzene rings is 1. The molecule has 0 spiro atoms. The number of hydrogen-bond acceptors (Lipinski definition) is 5. The van der Waals surface area contributed by atoms with Crippen molar-refractivity contribution in [3.8, 4) is 17.1 Å². The van der Waals surface area contributed by atoms with Crippen LogP contribution >= 0.6 is 0 Å². The number of nitrogens with zero attached hydrogens (tertiary/aromatic N) is 2. The van der Waals surface area contributed by atoms with Crippen LogP contribution < -0.4 is 10.4 Å². The van der Waals surface area contributed by atoms with Crippen LogP contribution in [-0.4, -0.2) is 42.1 Å². The van der Waals surface area contributed by atoms with E-state index in [1.807, 2.05) is 43.3 Å². The number of aromatic nitrogens is 2. The van der Waals surface area contributed by atoms with Crippen molar-refractivity contribution >= 4 is 0 Å². The molecule has 1 fully saturated rings. The fourth-order valence-electron chi connectivity index (χ4n) is 2.66. The summed E-state index contributed by atoms with van der Waals surface area (Å²) in [5.74, 6) is 0.320. The Hall–Kier alpha value is -2.18. The molecule has 1 saturated heterocycles. The molecular formula is C18H22N2O4. The minimum absolute atomic E-state index is 0.126. The van der Waals surface area contributed by atoms with Crippen LogP contribution in [-0.2, 0) is 16.0 Å². The summed E-state index contributed by atoms with van der Waals surface area (Å²) in [4.78, 5) is 16.4. The molecule has 0 saturated carbocycles. The summed E-state index contributed by atoms with van der Waals surface area (Å²) in [6, 6.07) is 11.6. The summed E-state index contributed by atoms with van der Waals surface area (Å²) in [6.07, 6.45) is 0.730. The molecule has 0 unspecified atom stereocenters. The molecule has 0 amide bonds. The highest BCUT2D eigenvalue weighted by Crippen LogP contribution is 2.21. The Bertz CT molecular complexity index is 709. The van der Waals surface area contributed by atoms with Crippen molar-refractivity contribution in [2.75, 3.05) is 26.4 Å². The van der Waals surface area contributed by atoms with Gasteiger partial charge < -0.3 is 14.2 Å². The molecule has 6 nitrogen and oxygen atoms in total. The second-order valence-corrected chi connectivity index (χ2v) is 5.66. The van der Waals surface area contributed by atoms with Gasteiger partial charge in [0.25, 0.3) is 0 Å². The lowest BCUT2D eigenvalue weighted by molar-refractivity contribution is -0.102. The van der Waals surface area contributed by atoms with Gasteiger partial charge in [-0.25, -0.2) is 4.79 Å². The van der Waals surface area contributed by atoms with Crippen molar-refractivity contribution in [1.82, 2.24) is 9.55 Å². The molecule has 0 aliphatic carbocycles. The fraction of sp³-hybridized carbons (Fsp3) is 0.444. The van der Waals surface area contributed by atoms with E-state index in [9.17, 15) is 4.79 Å². The molecule has 3 rings (SSSR count). The van der Waals surface area contributed by atoms with Gasteiger partial charge in [-0.05, 0) is 12.0 Å². The average Bonchev–Trinajstić information content (AvgIpc) is 2.63. The predicted molar refractivity (Wildman–Crippen MR) is 90.3 cm³/mol. The molecular weight excluding hydrogens is 308 g/mol. The summed E-state index contributed by atoms with van der Waals surface area (Å²) in [5.41, 5.74) is 1.48. The van der Waals surface area contributed by atoms with E-state index in [-0.39, 0.29) is 11.8 Å². The van der Waals surface area contributed by atoms with E-state index >= 15 is 0 Å². The molecule has 2 heterocycles. The van der Waals surface area contributed by atoms with Crippen LogP contribution in [0.2, 0.25) is 0 Å². The lowest BCUT2D eigenvalue weighted by Gasteiger charge is -2.23. The molecule has 0 radical (unpaired) electrons. The normalized spacial score (nSPS) is 17.6. The molecule has 1 aliphatic rings. The number of ether oxygens (including phenoxy) is 3. The van der Waals surface area contributed by atoms with Crippen molar-refractivity contribution in [2.45, 2.75) is 26.0 Å². The van der Waals surface area contributed by atoms with E-state index in [2.05, 4.69) is 4.98 Å². The van der Waals surface area contributed by atoms with E-state index in [0.29, 0.717) is 38.9 Å². The van der Waals surface area contributed by atoms with Gasteiger partial charge in [-0.1, -0.05) is 37.3 Å². The molecule has 6 heteroatoms. The average molecular weight is 330 g/mol. The largest absolute Gasteiger partial charge is 0.475 e. The van der Waals surface area contributed by atoms with E-state index in [4.69, 9.17) is 14.2 Å². The lowest BCUT2D eigenvalue weighted by atomic mass is 10.1. The van der Waals surface area contributed by atoms with Gasteiger partial charge in [0.1, 0.15) is 12.7 Å². The topological polar surface area (TPSA) is 62.6 Å². The lowest BCUT2D eigenvalue weighted by Crippen LogP contribution is -2.34. The van der Waals surface area contributed by atoms with Gasteiger partial charge in [0.2, 0.25) is 5.88 Å². The summed E-state index contributed by atoms with van der Waals surface area (Å²) < 4.78 is 18.3. The van der Waals surface area contributed by atoms with Gasteiger partial charge in [0, 0.05) is 12.6 Å². The third kappa shape index (κ3) is 4.01. The molecule has 24 heavy (non-hydrogen) atoms. The Labute approximate surface area is 141 Å². The Morgan fingerprint density at radius 3 is 2.83 bits per heavy atom. The first-order valence-corrected chi connectivity index (χ1v) is 8.27. The number of rotatable bonds is 6. The standard InChI is InChI=1S/C18H22N2O4/c1-2-8-20-16(14-6-4-3-5-7-14)11-17(19-18(20)21)24-13-15-12-22-9-10-23-15/h3-7,11,15H,2,8-10,12-13H2,1H3/t15-/m0/s1. The van der Waals surface area contributed by atoms with Crippen molar-refractivity contribution in [3.63, 3.8) is 0 Å². The van der Waals surface area contributed by atoms with E-state index in [1.54, 1.807) is 4.57 Å². The molecule has 128 valence electrons. The van der Waals surface area contributed by atoms with Gasteiger partial charge in [0.15, 0.2) is 0 Å². The minimum Gasteiger partial charge on any atom is -0.475 e. The van der Waals surface area contributed by atoms with Crippen LogP contribution in [0.4, 0.5) is 0 Å². The zero-order valence-corrected chi connectivity index (χ0v) is 13.8. The van der Waals surface area contributed by atoms with Crippen LogP contribution in [0, 0.1) is 0 Å². The smallest absolute Gasteiger partial charge is 0.351 e. The van der Waals surface area contributed by atoms with Crippen molar-refractivity contribution in [1.29, 1.82) is 0 Å². The number of hydrogen-bond donors (Lipinski definition) is 0. The second kappa shape index (κ2) is 8.08. The molecule has 1 atom stereocenters. The van der Waals surface area contributed by atoms with Crippen LogP contribution in [0.5, 0.6) is 5.88 Å². The van der Waals surface area contributed by atoms with Gasteiger partial charge in [-0.15, -0.1) is 0 Å². The zero-order valence-electron chi connectivity index (χ0n) is 13.8. The van der Waals surface area contributed by atoms with Gasteiger partial charge in [-0.3, -0.25) is 4.57 Å². The third-order valence-corrected chi connectivity index (χ3v) is 3.81. The first-order valence-electron chi connectivity index (χ1n) is 8.27. The molecule has 1 aliphatic heterocycles. The molecule has 0 bridgehead atoms. The highest BCUT2D eigenvalue weighted by molar-refractivity contribution is 5.60. The maximum absolute atomic E-state index is 12.4. The SMILES string of the molecule is CCCn1c(-c2ccccc2)cc(OC[C@@H]2COCCO2)nc1=O. The van der Waals surface area contributed by atoms with Crippen molar-refractivity contribution < 1.29 is 14.2 Å². The highest BCUT2D eigenvalue weighted by atomic mass is 16.6. The van der Waals surface area contributed by atoms with Gasteiger partial charge in [-0.2, -0.15) is 4.98 Å². The minimum atomic E-state index is -0.297. The Morgan fingerprint density at radius 1 is 1.29 bits per heavy atom. The van der Waals surface area contributed by atoms with Crippen LogP contribution in [0.3, 0.4) is 0 Å². The molecule has 0 N–H and O–H groups in total. The Morgan fingerprint density at radius 2 is 2.12 bits per heavy atom. The zero-order chi connectivity index (χ0) is 16.8. The quantitative estimate of drug-likeness (QED) is 0.812. The van der Waals surface area contributed by atoms with E-state index in [0.717, 1.165) is 17.7 Å². The van der Waals surface area contributed by atoms with Crippen LogP contribution in [0.25, 0.3) is 11.3 Å². The van der Waals surface area contributed by atoms with Gasteiger partial charge in [0.05, 0.1) is 25.5 Å². The first-order chi connectivity index (χ1) is 11.8. The van der Waals surface area contributed by atoms with Gasteiger partial charge >= 0.3 is 5.69 Å². The predicted octanol–water partition coefficient (Wildman–Crippen LogP) is 2.11. The Balaban J connectivity index is 1.85.